The van der Waals surface area contributed by atoms with E-state index in [0.29, 0.717) is 18.4 Å². The summed E-state index contributed by atoms with van der Waals surface area (Å²) in [6, 6.07) is 19.8. The van der Waals surface area contributed by atoms with Gasteiger partial charge in [-0.3, -0.25) is 4.79 Å². The number of amides is 1. The highest BCUT2D eigenvalue weighted by Crippen LogP contribution is 2.24. The third kappa shape index (κ3) is 4.14. The smallest absolute Gasteiger partial charge is 0.224 e. The van der Waals surface area contributed by atoms with Crippen LogP contribution in [0, 0.1) is 18.3 Å². The minimum Gasteiger partial charge on any atom is -0.325 e. The number of carbonyl (C=O) groups is 1. The lowest BCUT2D eigenvalue weighted by atomic mass is 9.98. The minimum atomic E-state index is 0.0282. The summed E-state index contributed by atoms with van der Waals surface area (Å²) in [6.45, 7) is 2.00. The molecular weight excluding hydrogens is 328 g/mol. The summed E-state index contributed by atoms with van der Waals surface area (Å²) in [4.78, 5) is 13.2. The van der Waals surface area contributed by atoms with Crippen LogP contribution in [0.3, 0.4) is 0 Å². The standard InChI is InChI=1S/C21H18N2OS/c1-15-20(12-13-25-15)23-21(24)11-8-16-6-9-17(10-7-16)19-5-3-2-4-18(19)14-22/h2-7,9-10,12-13H,8,11H2,1H3,(H,23,24). The summed E-state index contributed by atoms with van der Waals surface area (Å²) in [7, 11) is 0. The van der Waals surface area contributed by atoms with Gasteiger partial charge in [0.25, 0.3) is 0 Å². The second-order valence-electron chi connectivity index (χ2n) is 5.79. The Morgan fingerprint density at radius 1 is 1.12 bits per heavy atom. The van der Waals surface area contributed by atoms with Crippen LogP contribution in [0.25, 0.3) is 11.1 Å². The first kappa shape index (κ1) is 16.9. The van der Waals surface area contributed by atoms with Crippen LogP contribution < -0.4 is 5.32 Å². The molecule has 3 aromatic rings. The maximum atomic E-state index is 12.1. The molecule has 25 heavy (non-hydrogen) atoms. The molecule has 3 rings (SSSR count). The van der Waals surface area contributed by atoms with E-state index in [2.05, 4.69) is 11.4 Å². The van der Waals surface area contributed by atoms with Crippen LogP contribution in [0.2, 0.25) is 0 Å². The van der Waals surface area contributed by atoms with E-state index in [9.17, 15) is 10.1 Å². The summed E-state index contributed by atoms with van der Waals surface area (Å²) in [5.74, 6) is 0.0282. The monoisotopic (exact) mass is 346 g/mol. The largest absolute Gasteiger partial charge is 0.325 e. The number of nitriles is 1. The molecule has 0 unspecified atom stereocenters. The predicted octanol–water partition coefficient (Wildman–Crippen LogP) is 5.17. The summed E-state index contributed by atoms with van der Waals surface area (Å²) in [5.41, 5.74) is 4.62. The molecule has 0 fully saturated rings. The van der Waals surface area contributed by atoms with Gasteiger partial charge < -0.3 is 5.32 Å². The van der Waals surface area contributed by atoms with Crippen molar-refractivity contribution in [3.63, 3.8) is 0 Å². The average Bonchev–Trinajstić information content (AvgIpc) is 3.05. The van der Waals surface area contributed by atoms with Gasteiger partial charge in [0.15, 0.2) is 0 Å². The van der Waals surface area contributed by atoms with E-state index in [1.54, 1.807) is 11.3 Å². The Kier molecular flexibility index (Phi) is 5.27. The third-order valence-corrected chi connectivity index (χ3v) is 4.93. The molecule has 0 saturated carbocycles. The molecule has 0 spiro atoms. The van der Waals surface area contributed by atoms with Crippen LogP contribution in [-0.4, -0.2) is 5.91 Å². The molecule has 0 atom stereocenters. The number of carbonyl (C=O) groups excluding carboxylic acids is 1. The Labute approximate surface area is 151 Å². The molecule has 1 aromatic heterocycles. The Morgan fingerprint density at radius 2 is 1.88 bits per heavy atom. The Hall–Kier alpha value is -2.90. The van der Waals surface area contributed by atoms with Crippen LogP contribution >= 0.6 is 11.3 Å². The van der Waals surface area contributed by atoms with Gasteiger partial charge >= 0.3 is 0 Å². The molecule has 0 aliphatic carbocycles. The van der Waals surface area contributed by atoms with Crippen LogP contribution in [0.4, 0.5) is 5.69 Å². The fourth-order valence-electron chi connectivity index (χ4n) is 2.67. The maximum absolute atomic E-state index is 12.1. The van der Waals surface area contributed by atoms with E-state index in [4.69, 9.17) is 0 Å². The zero-order valence-electron chi connectivity index (χ0n) is 14.0. The van der Waals surface area contributed by atoms with E-state index in [-0.39, 0.29) is 5.91 Å². The number of nitrogens with one attached hydrogen (secondary N) is 1. The second kappa shape index (κ2) is 7.78. The number of aryl methyl sites for hydroxylation is 2. The van der Waals surface area contributed by atoms with Gasteiger partial charge in [-0.1, -0.05) is 42.5 Å². The number of hydrogen-bond donors (Lipinski definition) is 1. The zero-order valence-corrected chi connectivity index (χ0v) is 14.8. The van der Waals surface area contributed by atoms with Crippen LogP contribution in [0.15, 0.2) is 60.0 Å². The number of anilines is 1. The molecule has 2 aromatic carbocycles. The molecule has 0 saturated heterocycles. The minimum absolute atomic E-state index is 0.0282. The highest BCUT2D eigenvalue weighted by atomic mass is 32.1. The van der Waals surface area contributed by atoms with Crippen LogP contribution in [0.1, 0.15) is 22.4 Å². The molecule has 4 heteroatoms. The molecule has 0 bridgehead atoms. The highest BCUT2D eigenvalue weighted by molar-refractivity contribution is 7.10. The van der Waals surface area contributed by atoms with E-state index >= 15 is 0 Å². The fraction of sp³-hybridized carbons (Fsp3) is 0.143. The lowest BCUT2D eigenvalue weighted by Gasteiger charge is -2.07. The fourth-order valence-corrected chi connectivity index (χ4v) is 3.32. The number of benzene rings is 2. The molecular formula is C21H18N2OS. The van der Waals surface area contributed by atoms with Crippen molar-refractivity contribution in [3.05, 3.63) is 76.0 Å². The van der Waals surface area contributed by atoms with E-state index in [0.717, 1.165) is 27.3 Å². The van der Waals surface area contributed by atoms with Crippen LogP contribution in [-0.2, 0) is 11.2 Å². The van der Waals surface area contributed by atoms with Crippen molar-refractivity contribution in [3.8, 4) is 17.2 Å². The molecule has 0 radical (unpaired) electrons. The zero-order chi connectivity index (χ0) is 17.6. The van der Waals surface area contributed by atoms with Crippen molar-refractivity contribution in [1.82, 2.24) is 0 Å². The Morgan fingerprint density at radius 3 is 2.56 bits per heavy atom. The van der Waals surface area contributed by atoms with Gasteiger partial charge in [0.05, 0.1) is 17.3 Å². The first-order chi connectivity index (χ1) is 12.2. The van der Waals surface area contributed by atoms with Gasteiger partial charge in [0.2, 0.25) is 5.91 Å². The van der Waals surface area contributed by atoms with Crippen molar-refractivity contribution < 1.29 is 4.79 Å². The van der Waals surface area contributed by atoms with E-state index in [1.165, 1.54) is 0 Å². The van der Waals surface area contributed by atoms with Crippen molar-refractivity contribution in [2.45, 2.75) is 19.8 Å². The normalized spacial score (nSPS) is 10.2. The lowest BCUT2D eigenvalue weighted by Crippen LogP contribution is -2.12. The molecule has 3 nitrogen and oxygen atoms in total. The average molecular weight is 346 g/mol. The summed E-state index contributed by atoms with van der Waals surface area (Å²) in [6.07, 6.45) is 1.14. The topological polar surface area (TPSA) is 52.9 Å². The Bertz CT molecular complexity index is 920. The van der Waals surface area contributed by atoms with Crippen molar-refractivity contribution in [1.29, 1.82) is 5.26 Å². The first-order valence-electron chi connectivity index (χ1n) is 8.10. The second-order valence-corrected chi connectivity index (χ2v) is 6.91. The SMILES string of the molecule is Cc1sccc1NC(=O)CCc1ccc(-c2ccccc2C#N)cc1. The summed E-state index contributed by atoms with van der Waals surface area (Å²) < 4.78 is 0. The van der Waals surface area contributed by atoms with Crippen molar-refractivity contribution in [2.24, 2.45) is 0 Å². The molecule has 1 N–H and O–H groups in total. The number of thiophene rings is 1. The summed E-state index contributed by atoms with van der Waals surface area (Å²) >= 11 is 1.63. The van der Waals surface area contributed by atoms with Gasteiger partial charge in [-0.05, 0) is 47.5 Å². The molecule has 1 heterocycles. The third-order valence-electron chi connectivity index (χ3n) is 4.09. The van der Waals surface area contributed by atoms with Crippen LogP contribution in [0.5, 0.6) is 0 Å². The first-order valence-corrected chi connectivity index (χ1v) is 8.98. The van der Waals surface area contributed by atoms with Gasteiger partial charge in [-0.25, -0.2) is 0 Å². The van der Waals surface area contributed by atoms with Gasteiger partial charge in [0.1, 0.15) is 0 Å². The molecule has 1 amide bonds. The van der Waals surface area contributed by atoms with E-state index < -0.39 is 0 Å². The number of hydrogen-bond acceptors (Lipinski definition) is 3. The van der Waals surface area contributed by atoms with Crippen molar-refractivity contribution in [2.75, 3.05) is 5.32 Å². The van der Waals surface area contributed by atoms with Gasteiger partial charge in [-0.15, -0.1) is 11.3 Å². The molecule has 0 aliphatic heterocycles. The number of rotatable bonds is 5. The highest BCUT2D eigenvalue weighted by Gasteiger charge is 2.07. The van der Waals surface area contributed by atoms with Crippen molar-refractivity contribution >= 4 is 22.9 Å². The Balaban J connectivity index is 1.62. The molecule has 0 aliphatic rings. The predicted molar refractivity (Wildman–Crippen MR) is 103 cm³/mol. The quantitative estimate of drug-likeness (QED) is 0.693. The number of nitrogens with zero attached hydrogens (tertiary/aromatic N) is 1. The van der Waals surface area contributed by atoms with E-state index in [1.807, 2.05) is 66.9 Å². The maximum Gasteiger partial charge on any atom is 0.224 e. The van der Waals surface area contributed by atoms with Gasteiger partial charge in [-0.2, -0.15) is 5.26 Å². The lowest BCUT2D eigenvalue weighted by molar-refractivity contribution is -0.116. The molecule has 124 valence electrons. The van der Waals surface area contributed by atoms with Gasteiger partial charge in [0, 0.05) is 11.3 Å². The summed E-state index contributed by atoms with van der Waals surface area (Å²) in [5, 5.41) is 14.1.